The molecule has 0 spiro atoms. The van der Waals surface area contributed by atoms with E-state index in [9.17, 15) is 0 Å². The van der Waals surface area contributed by atoms with Crippen molar-refractivity contribution in [3.63, 3.8) is 0 Å². The van der Waals surface area contributed by atoms with Crippen molar-refractivity contribution in [2.24, 2.45) is 0 Å². The Bertz CT molecular complexity index is 202. The number of hydrogen-bond donors (Lipinski definition) is 1. The number of H-pyrrole nitrogens is 1. The summed E-state index contributed by atoms with van der Waals surface area (Å²) in [4.78, 5) is 7.35. The molecule has 0 aromatic carbocycles. The molecule has 0 aliphatic carbocycles. The zero-order chi connectivity index (χ0) is 7.78. The highest BCUT2D eigenvalue weighted by Crippen LogP contribution is 1.66. The molecule has 0 unspecified atom stereocenters. The van der Waals surface area contributed by atoms with Crippen molar-refractivity contribution >= 4 is 0 Å². The number of aromatic nitrogens is 5. The van der Waals surface area contributed by atoms with Crippen LogP contribution in [0.4, 0.5) is 4.70 Å². The summed E-state index contributed by atoms with van der Waals surface area (Å²) in [5.41, 5.74) is 0. The summed E-state index contributed by atoms with van der Waals surface area (Å²) in [5.74, 6) is 0. The molecule has 0 amide bonds. The van der Waals surface area contributed by atoms with Gasteiger partial charge in [0, 0.05) is 12.4 Å². The Hall–Kier alpha value is -1.85. The Balaban J connectivity index is 0.000000189. The fourth-order valence-corrected chi connectivity index (χ4v) is 0.420. The van der Waals surface area contributed by atoms with E-state index in [1.807, 2.05) is 0 Å². The second kappa shape index (κ2) is 7.26. The fraction of sp³-hybridized carbons (Fsp3) is 0. The Labute approximate surface area is 68.2 Å². The molecule has 0 aliphatic heterocycles. The zero-order valence-corrected chi connectivity index (χ0v) is 6.16. The van der Waals surface area contributed by atoms with E-state index in [1.54, 1.807) is 30.9 Å². The molecule has 64 valence electrons. The molecular weight excluding hydrogens is 161 g/mol. The molecule has 0 saturated heterocycles. The monoisotopic (exact) mass is 169 g/mol. The van der Waals surface area contributed by atoms with Crippen LogP contribution in [0.2, 0.25) is 0 Å². The Kier molecular flexibility index (Phi) is 6.14. The standard InChI is InChI=1S/C4H4N2.C2H3N3.FH/c1-2-5-4-6-3-1;1-2-4-5-3-1;/h1-4H;1-2H,(H,3,4,5);1H. The Morgan fingerprint density at radius 1 is 0.833 bits per heavy atom. The molecule has 5 nitrogen and oxygen atoms in total. The second-order valence-electron chi connectivity index (χ2n) is 1.56. The molecule has 1 N–H and O–H groups in total. The van der Waals surface area contributed by atoms with Crippen LogP contribution < -0.4 is 0 Å². The smallest absolute Gasteiger partial charge is 0.115 e. The summed E-state index contributed by atoms with van der Waals surface area (Å²) >= 11 is 0. The highest BCUT2D eigenvalue weighted by atomic mass is 19.0. The van der Waals surface area contributed by atoms with Gasteiger partial charge >= 0.3 is 0 Å². The molecule has 12 heavy (non-hydrogen) atoms. The molecule has 2 heterocycles. The molecule has 6 heteroatoms. The number of nitrogens with one attached hydrogen (secondary N) is 1. The van der Waals surface area contributed by atoms with Crippen LogP contribution in [0, 0.1) is 0 Å². The summed E-state index contributed by atoms with van der Waals surface area (Å²) in [6, 6.07) is 1.78. The van der Waals surface area contributed by atoms with Crippen LogP contribution in [0.5, 0.6) is 0 Å². The first-order valence-corrected chi connectivity index (χ1v) is 3.00. The first-order chi connectivity index (χ1) is 5.50. The van der Waals surface area contributed by atoms with Gasteiger partial charge in [-0.3, -0.25) is 4.70 Å². The molecule has 2 aromatic rings. The van der Waals surface area contributed by atoms with E-state index >= 15 is 0 Å². The van der Waals surface area contributed by atoms with Crippen molar-refractivity contribution in [2.75, 3.05) is 0 Å². The van der Waals surface area contributed by atoms with Crippen LogP contribution in [0.15, 0.2) is 37.2 Å². The minimum atomic E-state index is 0. The molecule has 0 atom stereocenters. The van der Waals surface area contributed by atoms with Crippen molar-refractivity contribution in [1.82, 2.24) is 25.4 Å². The Morgan fingerprint density at radius 3 is 1.58 bits per heavy atom. The van der Waals surface area contributed by atoms with E-state index in [-0.39, 0.29) is 4.70 Å². The quantitative estimate of drug-likeness (QED) is 0.621. The van der Waals surface area contributed by atoms with Gasteiger partial charge in [0.25, 0.3) is 0 Å². The number of hydrogen-bond acceptors (Lipinski definition) is 4. The van der Waals surface area contributed by atoms with Crippen LogP contribution in [0.25, 0.3) is 0 Å². The highest BCUT2D eigenvalue weighted by molar-refractivity contribution is 4.74. The topological polar surface area (TPSA) is 67.3 Å². The lowest BCUT2D eigenvalue weighted by Gasteiger charge is -1.70. The van der Waals surface area contributed by atoms with Crippen molar-refractivity contribution in [2.45, 2.75) is 0 Å². The van der Waals surface area contributed by atoms with Gasteiger partial charge in [0.15, 0.2) is 0 Å². The number of aromatic amines is 1. The van der Waals surface area contributed by atoms with Gasteiger partial charge in [-0.15, -0.1) is 0 Å². The Morgan fingerprint density at radius 2 is 1.42 bits per heavy atom. The second-order valence-corrected chi connectivity index (χ2v) is 1.56. The van der Waals surface area contributed by atoms with Crippen LogP contribution in [0.1, 0.15) is 0 Å². The fourth-order valence-electron chi connectivity index (χ4n) is 0.420. The first-order valence-electron chi connectivity index (χ1n) is 3.00. The predicted molar refractivity (Wildman–Crippen MR) is 40.9 cm³/mol. The van der Waals surface area contributed by atoms with Gasteiger partial charge in [-0.1, -0.05) is 0 Å². The van der Waals surface area contributed by atoms with Crippen molar-refractivity contribution in [1.29, 1.82) is 0 Å². The minimum absolute atomic E-state index is 0. The molecule has 0 saturated carbocycles. The SMILES string of the molecule is F.c1cn[nH]n1.c1cncnc1. The van der Waals surface area contributed by atoms with Gasteiger partial charge in [-0.25, -0.2) is 9.97 Å². The van der Waals surface area contributed by atoms with E-state index < -0.39 is 0 Å². The molecule has 0 fully saturated rings. The summed E-state index contributed by atoms with van der Waals surface area (Å²) in [6.07, 6.45) is 8.04. The van der Waals surface area contributed by atoms with Gasteiger partial charge in [0.05, 0.1) is 12.4 Å². The summed E-state index contributed by atoms with van der Waals surface area (Å²) in [6.45, 7) is 0. The van der Waals surface area contributed by atoms with E-state index in [1.165, 1.54) is 6.33 Å². The summed E-state index contributed by atoms with van der Waals surface area (Å²) in [7, 11) is 0. The first kappa shape index (κ1) is 10.2. The zero-order valence-electron chi connectivity index (χ0n) is 6.16. The maximum Gasteiger partial charge on any atom is 0.115 e. The highest BCUT2D eigenvalue weighted by Gasteiger charge is 1.59. The largest absolute Gasteiger partial charge is 0.269 e. The van der Waals surface area contributed by atoms with Crippen molar-refractivity contribution in [3.8, 4) is 0 Å². The van der Waals surface area contributed by atoms with E-state index in [4.69, 9.17) is 0 Å². The van der Waals surface area contributed by atoms with Crippen LogP contribution in [-0.2, 0) is 0 Å². The predicted octanol–water partition coefficient (Wildman–Crippen LogP) is 0.434. The third-order valence-corrected chi connectivity index (χ3v) is 0.809. The third kappa shape index (κ3) is 4.98. The summed E-state index contributed by atoms with van der Waals surface area (Å²) in [5, 5.41) is 9.33. The van der Waals surface area contributed by atoms with E-state index in [0.717, 1.165) is 0 Å². The lowest BCUT2D eigenvalue weighted by molar-refractivity contribution is 0.940. The van der Waals surface area contributed by atoms with Gasteiger partial charge in [0.1, 0.15) is 6.33 Å². The molecule has 0 bridgehead atoms. The van der Waals surface area contributed by atoms with Crippen LogP contribution in [0.3, 0.4) is 0 Å². The van der Waals surface area contributed by atoms with Crippen LogP contribution >= 0.6 is 0 Å². The average Bonchev–Trinajstić information content (AvgIpc) is 2.64. The third-order valence-electron chi connectivity index (χ3n) is 0.809. The summed E-state index contributed by atoms with van der Waals surface area (Å²) < 4.78 is 0. The molecule has 2 rings (SSSR count). The molecule has 0 radical (unpaired) electrons. The molecule has 0 aliphatic rings. The number of nitrogens with zero attached hydrogens (tertiary/aromatic N) is 4. The van der Waals surface area contributed by atoms with Gasteiger partial charge in [-0.05, 0) is 6.07 Å². The maximum absolute atomic E-state index is 3.67. The number of halogens is 1. The van der Waals surface area contributed by atoms with Gasteiger partial charge in [-0.2, -0.15) is 15.4 Å². The van der Waals surface area contributed by atoms with Crippen molar-refractivity contribution in [3.05, 3.63) is 37.2 Å². The van der Waals surface area contributed by atoms with Gasteiger partial charge in [0.2, 0.25) is 0 Å². The van der Waals surface area contributed by atoms with E-state index in [2.05, 4.69) is 25.4 Å². The maximum atomic E-state index is 3.67. The van der Waals surface area contributed by atoms with Crippen LogP contribution in [-0.4, -0.2) is 25.4 Å². The minimum Gasteiger partial charge on any atom is -0.269 e. The number of rotatable bonds is 0. The molecular formula is C6H8FN5. The lowest BCUT2D eigenvalue weighted by atomic mass is 10.7. The van der Waals surface area contributed by atoms with E-state index in [0.29, 0.717) is 0 Å². The average molecular weight is 169 g/mol. The lowest BCUT2D eigenvalue weighted by Crippen LogP contribution is -1.66. The normalized spacial score (nSPS) is 7.33. The van der Waals surface area contributed by atoms with Gasteiger partial charge < -0.3 is 0 Å². The van der Waals surface area contributed by atoms with Crippen molar-refractivity contribution < 1.29 is 4.70 Å². The molecule has 2 aromatic heterocycles.